The van der Waals surface area contributed by atoms with E-state index in [1.165, 1.54) is 44.4 Å². The molecular formula is C39H54N6O5. The van der Waals surface area contributed by atoms with Crippen LogP contribution in [0.4, 0.5) is 11.7 Å². The van der Waals surface area contributed by atoms with Crippen LogP contribution in [0.2, 0.25) is 0 Å². The number of aromatic nitrogens is 3. The van der Waals surface area contributed by atoms with Crippen LogP contribution in [0.25, 0.3) is 33.6 Å². The van der Waals surface area contributed by atoms with Gasteiger partial charge in [0.25, 0.3) is 12.4 Å². The number of rotatable bonds is 5. The summed E-state index contributed by atoms with van der Waals surface area (Å²) in [4.78, 5) is 15.6. The van der Waals surface area contributed by atoms with Gasteiger partial charge in [-0.1, -0.05) is 41.9 Å². The lowest BCUT2D eigenvalue weighted by molar-refractivity contribution is -0.122. The lowest BCUT2D eigenvalue weighted by atomic mass is 9.89. The van der Waals surface area contributed by atoms with Crippen LogP contribution in [0.5, 0.6) is 0 Å². The molecule has 4 aromatic rings. The Morgan fingerprint density at radius 1 is 0.980 bits per heavy atom. The molecule has 3 aliphatic rings. The average molecular weight is 687 g/mol. The highest BCUT2D eigenvalue weighted by molar-refractivity contribution is 6.08. The molecule has 0 saturated carbocycles. The van der Waals surface area contributed by atoms with Crippen LogP contribution in [-0.4, -0.2) is 101 Å². The summed E-state index contributed by atoms with van der Waals surface area (Å²) < 4.78 is 14.4. The highest BCUT2D eigenvalue weighted by Gasteiger charge is 2.31. The lowest BCUT2D eigenvalue weighted by Gasteiger charge is -2.40. The van der Waals surface area contributed by atoms with Gasteiger partial charge >= 0.3 is 6.01 Å². The Labute approximate surface area is 296 Å². The third-order valence-corrected chi connectivity index (χ3v) is 9.36. The molecule has 270 valence electrons. The third-order valence-electron chi connectivity index (χ3n) is 9.36. The minimum absolute atomic E-state index is 0.250. The van der Waals surface area contributed by atoms with E-state index in [2.05, 4.69) is 100 Å². The summed E-state index contributed by atoms with van der Waals surface area (Å²) in [5, 5.41) is 25.8. The van der Waals surface area contributed by atoms with E-state index in [1.807, 2.05) is 0 Å². The van der Waals surface area contributed by atoms with Gasteiger partial charge in [0.2, 0.25) is 0 Å². The predicted octanol–water partition coefficient (Wildman–Crippen LogP) is 6.02. The number of anilines is 2. The molecule has 0 amide bonds. The molecule has 2 aromatic carbocycles. The summed E-state index contributed by atoms with van der Waals surface area (Å²) in [6.45, 7) is 19.2. The van der Waals surface area contributed by atoms with Crippen LogP contribution >= 0.6 is 0 Å². The van der Waals surface area contributed by atoms with Crippen LogP contribution in [0, 0.1) is 26.7 Å². The van der Waals surface area contributed by atoms with E-state index in [1.54, 1.807) is 20.8 Å². The van der Waals surface area contributed by atoms with Gasteiger partial charge in [0, 0.05) is 71.0 Å². The first-order valence-corrected chi connectivity index (χ1v) is 17.5. The van der Waals surface area contributed by atoms with E-state index in [4.69, 9.17) is 24.2 Å². The number of carboxylic acid groups (broad SMARTS) is 1. The molecule has 5 heterocycles. The molecule has 0 aliphatic carbocycles. The Hall–Kier alpha value is -4.37. The van der Waals surface area contributed by atoms with Gasteiger partial charge in [0.05, 0.1) is 16.8 Å². The van der Waals surface area contributed by atoms with Crippen molar-refractivity contribution < 1.29 is 24.2 Å². The van der Waals surface area contributed by atoms with Crippen molar-refractivity contribution in [2.24, 2.45) is 0 Å². The maximum atomic E-state index is 8.52. The number of likely N-dealkylation sites (N-methyl/N-ethyl adjacent to an activating group) is 1. The zero-order valence-corrected chi connectivity index (χ0v) is 30.8. The van der Waals surface area contributed by atoms with Crippen molar-refractivity contribution in [1.29, 1.82) is 0 Å². The number of hydrogen-bond donors (Lipinski definition) is 2. The SMILES string of the molecule is C#C.CC(C)(C)O.CCc1c(C)c2c3c(cc(-c4nnc(N5CCN(C6CCOCC6)CC5)o4)n3CCN2C)c1-c1ccc(C)cc1.O=CO. The lowest BCUT2D eigenvalue weighted by Crippen LogP contribution is -2.51. The summed E-state index contributed by atoms with van der Waals surface area (Å²) >= 11 is 0. The van der Waals surface area contributed by atoms with Crippen LogP contribution in [0.15, 0.2) is 34.7 Å². The summed E-state index contributed by atoms with van der Waals surface area (Å²) in [5.74, 6) is 0.610. The third kappa shape index (κ3) is 8.67. The number of benzene rings is 2. The fourth-order valence-corrected chi connectivity index (χ4v) is 7.17. The maximum Gasteiger partial charge on any atom is 0.318 e. The smallest absolute Gasteiger partial charge is 0.318 e. The van der Waals surface area contributed by atoms with Crippen molar-refractivity contribution in [3.63, 3.8) is 0 Å². The minimum atomic E-state index is -0.500. The molecule has 0 spiro atoms. The predicted molar refractivity (Wildman–Crippen MR) is 201 cm³/mol. The first-order chi connectivity index (χ1) is 23.9. The maximum absolute atomic E-state index is 8.52. The highest BCUT2D eigenvalue weighted by atomic mass is 16.5. The molecule has 2 saturated heterocycles. The molecule has 0 radical (unpaired) electrons. The zero-order chi connectivity index (χ0) is 36.6. The molecule has 0 atom stereocenters. The fourth-order valence-electron chi connectivity index (χ4n) is 7.17. The second-order valence-electron chi connectivity index (χ2n) is 13.9. The average Bonchev–Trinajstić information content (AvgIpc) is 3.74. The number of nitrogens with zero attached hydrogens (tertiary/aromatic N) is 6. The molecule has 11 nitrogen and oxygen atoms in total. The first kappa shape index (κ1) is 38.4. The van der Waals surface area contributed by atoms with Crippen molar-refractivity contribution in [1.82, 2.24) is 19.7 Å². The topological polar surface area (TPSA) is 120 Å². The van der Waals surface area contributed by atoms with E-state index in [0.717, 1.165) is 77.4 Å². The quantitative estimate of drug-likeness (QED) is 0.191. The van der Waals surface area contributed by atoms with Crippen LogP contribution in [0.1, 0.15) is 57.2 Å². The standard InChI is InChI=1S/C32H40N6O2.C4H10O.C2H2.CH2O2/c1-5-25-22(3)29-30-26(28(25)23-8-6-21(2)7-9-23)20-27(38(30)17-12-35(29)4)31-33-34-32(40-31)37-15-13-36(14-16-37)24-10-18-39-19-11-24;1-4(2,3)5;1-2;2-1-3/h6-9,20,24H,5,10-19H2,1-4H3;5H,1-3H3;1-2H;1H,(H,2,3). The minimum Gasteiger partial charge on any atom is -0.483 e. The van der Waals surface area contributed by atoms with Gasteiger partial charge in [-0.15, -0.1) is 17.9 Å². The van der Waals surface area contributed by atoms with Gasteiger partial charge in [0.15, 0.2) is 0 Å². The van der Waals surface area contributed by atoms with Crippen molar-refractivity contribution in [2.75, 3.05) is 62.8 Å². The Morgan fingerprint density at radius 3 is 2.16 bits per heavy atom. The van der Waals surface area contributed by atoms with Gasteiger partial charge in [-0.2, -0.15) is 0 Å². The van der Waals surface area contributed by atoms with Gasteiger partial charge < -0.3 is 33.7 Å². The second-order valence-corrected chi connectivity index (χ2v) is 13.9. The normalized spacial score (nSPS) is 16.4. The van der Waals surface area contributed by atoms with E-state index in [9.17, 15) is 0 Å². The van der Waals surface area contributed by atoms with Gasteiger partial charge in [-0.25, -0.2) is 0 Å². The van der Waals surface area contributed by atoms with Gasteiger partial charge in [-0.05, 0) is 82.2 Å². The van der Waals surface area contributed by atoms with Gasteiger partial charge in [0.1, 0.15) is 5.69 Å². The molecular weight excluding hydrogens is 632 g/mol. The number of terminal acetylenes is 1. The summed E-state index contributed by atoms with van der Waals surface area (Å²) in [6, 6.07) is 12.5. The Bertz CT molecular complexity index is 1720. The summed E-state index contributed by atoms with van der Waals surface area (Å²) in [7, 11) is 2.22. The molecule has 50 heavy (non-hydrogen) atoms. The van der Waals surface area contributed by atoms with Crippen molar-refractivity contribution in [3.8, 4) is 35.6 Å². The summed E-state index contributed by atoms with van der Waals surface area (Å²) in [6.07, 6.45) is 11.3. The monoisotopic (exact) mass is 686 g/mol. The number of ether oxygens (including phenoxy) is 1. The molecule has 0 unspecified atom stereocenters. The number of carbonyl (C=O) groups is 1. The van der Waals surface area contributed by atoms with Gasteiger partial charge in [-0.3, -0.25) is 9.69 Å². The number of aliphatic hydroxyl groups is 1. The molecule has 7 rings (SSSR count). The number of piperazine rings is 1. The van der Waals surface area contributed by atoms with E-state index >= 15 is 0 Å². The second kappa shape index (κ2) is 17.0. The zero-order valence-electron chi connectivity index (χ0n) is 30.8. The molecule has 3 aliphatic heterocycles. The van der Waals surface area contributed by atoms with E-state index < -0.39 is 5.60 Å². The van der Waals surface area contributed by atoms with Crippen molar-refractivity contribution >= 4 is 29.1 Å². The molecule has 2 N–H and O–H groups in total. The molecule has 0 bridgehead atoms. The largest absolute Gasteiger partial charge is 0.483 e. The Kier molecular flexibility index (Phi) is 13.1. The van der Waals surface area contributed by atoms with Crippen molar-refractivity contribution in [2.45, 2.75) is 79.0 Å². The van der Waals surface area contributed by atoms with Crippen LogP contribution in [-0.2, 0) is 22.5 Å². The first-order valence-electron chi connectivity index (χ1n) is 17.5. The van der Waals surface area contributed by atoms with Crippen LogP contribution in [0.3, 0.4) is 0 Å². The molecule has 2 fully saturated rings. The van der Waals surface area contributed by atoms with E-state index in [-0.39, 0.29) is 6.47 Å². The van der Waals surface area contributed by atoms with Crippen molar-refractivity contribution in [3.05, 3.63) is 47.0 Å². The molecule has 11 heteroatoms. The number of aryl methyl sites for hydroxylation is 1. The Balaban J connectivity index is 0.000000504. The number of hydrogen-bond acceptors (Lipinski definition) is 9. The van der Waals surface area contributed by atoms with Crippen LogP contribution < -0.4 is 9.80 Å². The Morgan fingerprint density at radius 2 is 1.58 bits per heavy atom. The van der Waals surface area contributed by atoms with E-state index in [0.29, 0.717) is 17.9 Å². The fraction of sp³-hybridized carbons (Fsp3) is 0.513. The molecule has 2 aromatic heterocycles. The summed E-state index contributed by atoms with van der Waals surface area (Å²) in [5.41, 5.74) is 9.77. The highest BCUT2D eigenvalue weighted by Crippen LogP contribution is 2.46.